The van der Waals surface area contributed by atoms with E-state index in [0.29, 0.717) is 29.1 Å². The van der Waals surface area contributed by atoms with Gasteiger partial charge in [-0.3, -0.25) is 9.47 Å². The lowest BCUT2D eigenvalue weighted by Crippen LogP contribution is -2.38. The number of halogens is 1. The third-order valence-electron chi connectivity index (χ3n) is 7.73. The fourth-order valence-corrected chi connectivity index (χ4v) is 5.67. The van der Waals surface area contributed by atoms with E-state index in [1.54, 1.807) is 12.3 Å². The van der Waals surface area contributed by atoms with E-state index >= 15 is 0 Å². The van der Waals surface area contributed by atoms with Crippen LogP contribution in [-0.2, 0) is 13.3 Å². The van der Waals surface area contributed by atoms with Crippen molar-refractivity contribution in [1.29, 1.82) is 5.26 Å². The average molecular weight is 559 g/mol. The molecule has 2 aliphatic rings. The Morgan fingerprint density at radius 1 is 0.976 bits per heavy atom. The van der Waals surface area contributed by atoms with Crippen molar-refractivity contribution < 1.29 is 9.13 Å². The minimum Gasteiger partial charge on any atom is -0.455 e. The molecular formula is C32H27FN8O. The maximum atomic E-state index is 14.1. The lowest BCUT2D eigenvalue weighted by atomic mass is 10.0. The molecular weight excluding hydrogens is 531 g/mol. The number of nitriles is 1. The number of nitrogens with one attached hydrogen (secondary N) is 1. The van der Waals surface area contributed by atoms with Crippen LogP contribution < -0.4 is 10.1 Å². The highest BCUT2D eigenvalue weighted by Crippen LogP contribution is 2.41. The van der Waals surface area contributed by atoms with Crippen molar-refractivity contribution in [3.8, 4) is 45.9 Å². The van der Waals surface area contributed by atoms with E-state index in [-0.39, 0.29) is 12.6 Å². The van der Waals surface area contributed by atoms with Crippen LogP contribution in [0.5, 0.6) is 5.88 Å². The summed E-state index contributed by atoms with van der Waals surface area (Å²) in [6.07, 6.45) is 4.75. The normalized spacial score (nSPS) is 14.9. The number of fused-ring (bicyclic) bond motifs is 3. The molecule has 0 spiro atoms. The topological polar surface area (TPSA) is 105 Å². The molecule has 5 heterocycles. The molecule has 0 amide bonds. The Balaban J connectivity index is 1.09. The van der Waals surface area contributed by atoms with E-state index in [9.17, 15) is 4.39 Å². The summed E-state index contributed by atoms with van der Waals surface area (Å²) in [5, 5.41) is 12.5. The van der Waals surface area contributed by atoms with Gasteiger partial charge in [0.25, 0.3) is 0 Å². The van der Waals surface area contributed by atoms with Crippen LogP contribution in [0, 0.1) is 17.1 Å². The summed E-state index contributed by atoms with van der Waals surface area (Å²) in [6, 6.07) is 24.1. The van der Waals surface area contributed by atoms with Crippen LogP contribution in [0.4, 0.5) is 10.2 Å². The first kappa shape index (κ1) is 25.8. The van der Waals surface area contributed by atoms with Crippen molar-refractivity contribution in [2.45, 2.75) is 32.2 Å². The lowest BCUT2D eigenvalue weighted by molar-refractivity contribution is 0.211. The molecule has 3 aromatic heterocycles. The highest BCUT2D eigenvalue weighted by molar-refractivity contribution is 5.83. The van der Waals surface area contributed by atoms with Gasteiger partial charge in [-0.2, -0.15) is 5.26 Å². The Hall–Kier alpha value is -5.14. The van der Waals surface area contributed by atoms with Gasteiger partial charge in [-0.1, -0.05) is 54.6 Å². The summed E-state index contributed by atoms with van der Waals surface area (Å²) in [5.41, 5.74) is 5.51. The highest BCUT2D eigenvalue weighted by Gasteiger charge is 2.28. The molecule has 7 rings (SSSR count). The van der Waals surface area contributed by atoms with Crippen LogP contribution in [0.15, 0.2) is 79.1 Å². The van der Waals surface area contributed by atoms with Gasteiger partial charge in [0.05, 0.1) is 23.1 Å². The standard InChI is InChI=1S/C32H27FN8O/c33-24-16-26-31-39-29(30(23-4-2-1-3-5-23)41(31)20-42-32(26)36-18-24)22-8-6-21(7-9-22)19-40-14-11-25(12-15-40)37-27-10-13-35-28(17-34)38-27/h1-10,13,16,18,25H,11-12,14-15,19-20H2,(H,35,37,38). The number of hydrogen-bond donors (Lipinski definition) is 1. The Labute approximate surface area is 242 Å². The van der Waals surface area contributed by atoms with E-state index in [1.165, 1.54) is 11.6 Å². The summed E-state index contributed by atoms with van der Waals surface area (Å²) < 4.78 is 22.0. The molecule has 1 saturated heterocycles. The number of anilines is 1. The summed E-state index contributed by atoms with van der Waals surface area (Å²) in [4.78, 5) is 19.8. The summed E-state index contributed by atoms with van der Waals surface area (Å²) in [6.45, 7) is 3.03. The smallest absolute Gasteiger partial charge is 0.234 e. The van der Waals surface area contributed by atoms with Crippen LogP contribution in [0.2, 0.25) is 0 Å². The first-order valence-electron chi connectivity index (χ1n) is 13.9. The molecule has 0 atom stereocenters. The lowest BCUT2D eigenvalue weighted by Gasteiger charge is -2.32. The molecule has 2 aromatic carbocycles. The molecule has 0 radical (unpaired) electrons. The minimum absolute atomic E-state index is 0.177. The summed E-state index contributed by atoms with van der Waals surface area (Å²) in [5.74, 6) is 1.48. The second kappa shape index (κ2) is 11.0. The monoisotopic (exact) mass is 558 g/mol. The maximum absolute atomic E-state index is 14.1. The van der Waals surface area contributed by atoms with Crippen molar-refractivity contribution >= 4 is 5.82 Å². The van der Waals surface area contributed by atoms with Crippen LogP contribution in [0.3, 0.4) is 0 Å². The number of hydrogen-bond acceptors (Lipinski definition) is 8. The zero-order valence-corrected chi connectivity index (χ0v) is 22.7. The number of likely N-dealkylation sites (tertiary alicyclic amines) is 1. The molecule has 9 nitrogen and oxygen atoms in total. The van der Waals surface area contributed by atoms with E-state index in [2.05, 4.69) is 49.4 Å². The van der Waals surface area contributed by atoms with E-state index < -0.39 is 5.82 Å². The highest BCUT2D eigenvalue weighted by atomic mass is 19.1. The van der Waals surface area contributed by atoms with Crippen molar-refractivity contribution in [1.82, 2.24) is 29.4 Å². The molecule has 208 valence electrons. The predicted molar refractivity (Wildman–Crippen MR) is 156 cm³/mol. The van der Waals surface area contributed by atoms with Crippen LogP contribution in [-0.4, -0.2) is 48.5 Å². The molecule has 0 unspecified atom stereocenters. The van der Waals surface area contributed by atoms with Gasteiger partial charge in [0.15, 0.2) is 6.73 Å². The van der Waals surface area contributed by atoms with Gasteiger partial charge in [0.1, 0.15) is 23.5 Å². The van der Waals surface area contributed by atoms with Gasteiger partial charge in [-0.05, 0) is 30.5 Å². The number of benzene rings is 2. The zero-order valence-electron chi connectivity index (χ0n) is 22.7. The first-order valence-corrected chi connectivity index (χ1v) is 13.9. The zero-order chi connectivity index (χ0) is 28.5. The molecule has 1 fully saturated rings. The second-order valence-electron chi connectivity index (χ2n) is 10.5. The Bertz CT molecular complexity index is 1770. The molecule has 5 aromatic rings. The minimum atomic E-state index is -0.428. The van der Waals surface area contributed by atoms with Crippen molar-refractivity contribution in [2.75, 3.05) is 18.4 Å². The largest absolute Gasteiger partial charge is 0.455 e. The average Bonchev–Trinajstić information content (AvgIpc) is 3.43. The summed E-state index contributed by atoms with van der Waals surface area (Å²) in [7, 11) is 0. The van der Waals surface area contributed by atoms with Crippen molar-refractivity contribution in [2.24, 2.45) is 0 Å². The maximum Gasteiger partial charge on any atom is 0.234 e. The molecule has 0 aliphatic carbocycles. The van der Waals surface area contributed by atoms with Gasteiger partial charge in [0.2, 0.25) is 11.7 Å². The van der Waals surface area contributed by atoms with E-state index in [4.69, 9.17) is 15.0 Å². The third kappa shape index (κ3) is 5.06. The predicted octanol–water partition coefficient (Wildman–Crippen LogP) is 5.51. The van der Waals surface area contributed by atoms with Crippen LogP contribution in [0.1, 0.15) is 24.2 Å². The Morgan fingerprint density at radius 2 is 1.79 bits per heavy atom. The fraction of sp³-hybridized carbons (Fsp3) is 0.219. The fourth-order valence-electron chi connectivity index (χ4n) is 5.67. The SMILES string of the molecule is N#Cc1nccc(NC2CCN(Cc3ccc(-c4nc5n(c4-c4ccccc4)COc4ncc(F)cc4-5)cc3)CC2)n1. The molecule has 0 bridgehead atoms. The van der Waals surface area contributed by atoms with E-state index in [0.717, 1.165) is 61.2 Å². The molecule has 0 saturated carbocycles. The second-order valence-corrected chi connectivity index (χ2v) is 10.5. The summed E-state index contributed by atoms with van der Waals surface area (Å²) >= 11 is 0. The van der Waals surface area contributed by atoms with Crippen molar-refractivity contribution in [3.63, 3.8) is 0 Å². The number of imidazole rings is 1. The quantitative estimate of drug-likeness (QED) is 0.291. The van der Waals surface area contributed by atoms with Gasteiger partial charge < -0.3 is 10.1 Å². The van der Waals surface area contributed by atoms with Gasteiger partial charge in [0, 0.05) is 43.0 Å². The number of pyridine rings is 1. The van der Waals surface area contributed by atoms with E-state index in [1.807, 2.05) is 41.0 Å². The van der Waals surface area contributed by atoms with Gasteiger partial charge in [-0.15, -0.1) is 0 Å². The molecule has 42 heavy (non-hydrogen) atoms. The first-order chi connectivity index (χ1) is 20.6. The van der Waals surface area contributed by atoms with Crippen molar-refractivity contribution in [3.05, 3.63) is 96.3 Å². The Morgan fingerprint density at radius 3 is 2.57 bits per heavy atom. The number of piperidine rings is 1. The molecule has 1 N–H and O–H groups in total. The number of rotatable bonds is 6. The Kier molecular flexibility index (Phi) is 6.78. The van der Waals surface area contributed by atoms with Gasteiger partial charge in [-0.25, -0.2) is 24.3 Å². The van der Waals surface area contributed by atoms with Crippen LogP contribution >= 0.6 is 0 Å². The number of aromatic nitrogens is 5. The number of ether oxygens (including phenoxy) is 1. The molecule has 2 aliphatic heterocycles. The van der Waals surface area contributed by atoms with Crippen LogP contribution in [0.25, 0.3) is 33.9 Å². The number of nitrogens with zero attached hydrogens (tertiary/aromatic N) is 7. The third-order valence-corrected chi connectivity index (χ3v) is 7.73. The molecule has 10 heteroatoms. The van der Waals surface area contributed by atoms with Gasteiger partial charge >= 0.3 is 0 Å².